The van der Waals surface area contributed by atoms with Crippen LogP contribution in [0.2, 0.25) is 0 Å². The molecule has 6 heteroatoms. The monoisotopic (exact) mass is 200 g/mol. The lowest BCUT2D eigenvalue weighted by atomic mass is 10.2. The molecule has 2 amide bonds. The SMILES string of the molecule is CC(NC(=O)C1CCC(=O)N1)C(=O)O. The topological polar surface area (TPSA) is 95.5 Å². The van der Waals surface area contributed by atoms with Gasteiger partial charge in [0.25, 0.3) is 0 Å². The molecule has 1 saturated heterocycles. The molecule has 0 aliphatic carbocycles. The van der Waals surface area contributed by atoms with Crippen LogP contribution in [0.3, 0.4) is 0 Å². The molecule has 1 fully saturated rings. The van der Waals surface area contributed by atoms with Gasteiger partial charge in [0.2, 0.25) is 11.8 Å². The summed E-state index contributed by atoms with van der Waals surface area (Å²) in [6, 6.07) is -1.51. The van der Waals surface area contributed by atoms with Gasteiger partial charge in [0.05, 0.1) is 0 Å². The molecule has 14 heavy (non-hydrogen) atoms. The van der Waals surface area contributed by atoms with Gasteiger partial charge in [-0.25, -0.2) is 0 Å². The van der Waals surface area contributed by atoms with E-state index in [4.69, 9.17) is 5.11 Å². The quantitative estimate of drug-likeness (QED) is 0.536. The second-order valence-corrected chi connectivity index (χ2v) is 3.23. The number of carbonyl (C=O) groups is 3. The number of aliphatic carboxylic acids is 1. The average molecular weight is 200 g/mol. The summed E-state index contributed by atoms with van der Waals surface area (Å²) in [5.41, 5.74) is 0. The van der Waals surface area contributed by atoms with E-state index in [0.717, 1.165) is 0 Å². The Morgan fingerprint density at radius 2 is 2.29 bits per heavy atom. The highest BCUT2D eigenvalue weighted by molar-refractivity contribution is 5.92. The van der Waals surface area contributed by atoms with E-state index in [0.29, 0.717) is 12.8 Å². The molecule has 1 aliphatic heterocycles. The highest BCUT2D eigenvalue weighted by Gasteiger charge is 2.28. The number of nitrogens with one attached hydrogen (secondary N) is 2. The summed E-state index contributed by atoms with van der Waals surface area (Å²) in [4.78, 5) is 32.5. The average Bonchev–Trinajstić information content (AvgIpc) is 2.51. The van der Waals surface area contributed by atoms with Gasteiger partial charge in [-0.1, -0.05) is 0 Å². The van der Waals surface area contributed by atoms with Gasteiger partial charge in [-0.15, -0.1) is 0 Å². The summed E-state index contributed by atoms with van der Waals surface area (Å²) in [6.45, 7) is 1.37. The van der Waals surface area contributed by atoms with Crippen LogP contribution in [0.4, 0.5) is 0 Å². The first-order chi connectivity index (χ1) is 6.50. The summed E-state index contributed by atoms with van der Waals surface area (Å²) in [6.07, 6.45) is 0.747. The Morgan fingerprint density at radius 1 is 1.64 bits per heavy atom. The van der Waals surface area contributed by atoms with Crippen LogP contribution in [0.5, 0.6) is 0 Å². The Labute approximate surface area is 80.7 Å². The van der Waals surface area contributed by atoms with Crippen molar-refractivity contribution in [3.05, 3.63) is 0 Å². The first-order valence-corrected chi connectivity index (χ1v) is 4.33. The van der Waals surface area contributed by atoms with Gasteiger partial charge in [0.1, 0.15) is 12.1 Å². The molecule has 3 N–H and O–H groups in total. The third-order valence-electron chi connectivity index (χ3n) is 2.04. The highest BCUT2D eigenvalue weighted by Crippen LogP contribution is 2.06. The van der Waals surface area contributed by atoms with E-state index >= 15 is 0 Å². The number of carbonyl (C=O) groups excluding carboxylic acids is 2. The maximum atomic E-state index is 11.3. The minimum Gasteiger partial charge on any atom is -0.480 e. The predicted molar refractivity (Wildman–Crippen MR) is 46.4 cm³/mol. The molecule has 1 rings (SSSR count). The third kappa shape index (κ3) is 2.45. The minimum absolute atomic E-state index is 0.173. The van der Waals surface area contributed by atoms with E-state index in [1.165, 1.54) is 6.92 Å². The van der Waals surface area contributed by atoms with Crippen molar-refractivity contribution in [2.45, 2.75) is 31.8 Å². The Hall–Kier alpha value is -1.59. The zero-order valence-electron chi connectivity index (χ0n) is 7.74. The molecule has 2 atom stereocenters. The zero-order valence-corrected chi connectivity index (χ0v) is 7.74. The minimum atomic E-state index is -1.09. The molecular weight excluding hydrogens is 188 g/mol. The Kier molecular flexibility index (Phi) is 3.06. The van der Waals surface area contributed by atoms with E-state index in [1.54, 1.807) is 0 Å². The van der Waals surface area contributed by atoms with Gasteiger partial charge in [-0.05, 0) is 13.3 Å². The second-order valence-electron chi connectivity index (χ2n) is 3.23. The molecule has 0 aromatic rings. The van der Waals surface area contributed by atoms with Gasteiger partial charge in [-0.2, -0.15) is 0 Å². The van der Waals surface area contributed by atoms with Gasteiger partial charge < -0.3 is 15.7 Å². The van der Waals surface area contributed by atoms with E-state index in [2.05, 4.69) is 10.6 Å². The van der Waals surface area contributed by atoms with E-state index in [-0.39, 0.29) is 5.91 Å². The molecule has 0 spiro atoms. The van der Waals surface area contributed by atoms with Crippen molar-refractivity contribution in [3.63, 3.8) is 0 Å². The number of rotatable bonds is 3. The van der Waals surface area contributed by atoms with Crippen LogP contribution in [0.25, 0.3) is 0 Å². The molecule has 0 radical (unpaired) electrons. The van der Waals surface area contributed by atoms with Crippen molar-refractivity contribution >= 4 is 17.8 Å². The van der Waals surface area contributed by atoms with E-state index in [9.17, 15) is 14.4 Å². The lowest BCUT2D eigenvalue weighted by Gasteiger charge is -2.13. The lowest BCUT2D eigenvalue weighted by Crippen LogP contribution is -2.47. The Morgan fingerprint density at radius 3 is 2.71 bits per heavy atom. The second kappa shape index (κ2) is 4.08. The van der Waals surface area contributed by atoms with Crippen LogP contribution in [0, 0.1) is 0 Å². The highest BCUT2D eigenvalue weighted by atomic mass is 16.4. The van der Waals surface area contributed by atoms with Crippen LogP contribution in [0.1, 0.15) is 19.8 Å². The summed E-state index contributed by atoms with van der Waals surface area (Å²) in [5.74, 6) is -1.71. The molecule has 0 bridgehead atoms. The number of hydrogen-bond donors (Lipinski definition) is 3. The third-order valence-corrected chi connectivity index (χ3v) is 2.04. The van der Waals surface area contributed by atoms with E-state index < -0.39 is 24.0 Å². The smallest absolute Gasteiger partial charge is 0.325 e. The summed E-state index contributed by atoms with van der Waals surface area (Å²) >= 11 is 0. The maximum absolute atomic E-state index is 11.3. The standard InChI is InChI=1S/C8H12N2O4/c1-4(8(13)14)9-7(12)5-2-3-6(11)10-5/h4-5H,2-3H2,1H3,(H,9,12)(H,10,11)(H,13,14). The van der Waals surface area contributed by atoms with Crippen LogP contribution in [-0.2, 0) is 14.4 Å². The summed E-state index contributed by atoms with van der Waals surface area (Å²) in [5, 5.41) is 13.3. The van der Waals surface area contributed by atoms with Crippen molar-refractivity contribution in [2.75, 3.05) is 0 Å². The van der Waals surface area contributed by atoms with Gasteiger partial charge in [0, 0.05) is 6.42 Å². The fraction of sp³-hybridized carbons (Fsp3) is 0.625. The largest absolute Gasteiger partial charge is 0.480 e. The van der Waals surface area contributed by atoms with E-state index in [1.807, 2.05) is 0 Å². The van der Waals surface area contributed by atoms with Crippen LogP contribution < -0.4 is 10.6 Å². The first-order valence-electron chi connectivity index (χ1n) is 4.33. The van der Waals surface area contributed by atoms with Crippen molar-refractivity contribution < 1.29 is 19.5 Å². The predicted octanol–water partition coefficient (Wildman–Crippen LogP) is -1.15. The van der Waals surface area contributed by atoms with Crippen molar-refractivity contribution in [1.82, 2.24) is 10.6 Å². The molecule has 0 aromatic carbocycles. The molecule has 0 saturated carbocycles. The van der Waals surface area contributed by atoms with Crippen molar-refractivity contribution in [2.24, 2.45) is 0 Å². The maximum Gasteiger partial charge on any atom is 0.325 e. The molecular formula is C8H12N2O4. The molecule has 78 valence electrons. The molecule has 2 unspecified atom stereocenters. The molecule has 1 aliphatic rings. The van der Waals surface area contributed by atoms with Gasteiger partial charge >= 0.3 is 5.97 Å². The Balaban J connectivity index is 2.42. The fourth-order valence-corrected chi connectivity index (χ4v) is 1.19. The van der Waals surface area contributed by atoms with Crippen LogP contribution >= 0.6 is 0 Å². The molecule has 0 aromatic heterocycles. The van der Waals surface area contributed by atoms with Crippen molar-refractivity contribution in [3.8, 4) is 0 Å². The first kappa shape index (κ1) is 10.5. The van der Waals surface area contributed by atoms with Crippen molar-refractivity contribution in [1.29, 1.82) is 0 Å². The number of carboxylic acids is 1. The number of amides is 2. The van der Waals surface area contributed by atoms with Gasteiger partial charge in [0.15, 0.2) is 0 Å². The normalized spacial score (nSPS) is 22.6. The lowest BCUT2D eigenvalue weighted by molar-refractivity contribution is -0.141. The van der Waals surface area contributed by atoms with Crippen LogP contribution in [-0.4, -0.2) is 35.0 Å². The fourth-order valence-electron chi connectivity index (χ4n) is 1.19. The number of hydrogen-bond acceptors (Lipinski definition) is 3. The zero-order chi connectivity index (χ0) is 10.7. The summed E-state index contributed by atoms with van der Waals surface area (Å²) < 4.78 is 0. The molecule has 6 nitrogen and oxygen atoms in total. The van der Waals surface area contributed by atoms with Crippen LogP contribution in [0.15, 0.2) is 0 Å². The van der Waals surface area contributed by atoms with Gasteiger partial charge in [-0.3, -0.25) is 14.4 Å². The molecule has 1 heterocycles. The number of carboxylic acid groups (broad SMARTS) is 1. The summed E-state index contributed by atoms with van der Waals surface area (Å²) in [7, 11) is 0. The Bertz CT molecular complexity index is 277.